The molecule has 0 saturated carbocycles. The molecule has 0 aliphatic rings. The smallest absolute Gasteiger partial charge is 0.258 e. The lowest BCUT2D eigenvalue weighted by molar-refractivity contribution is 0.102. The molecule has 1 amide bonds. The molecule has 3 aromatic rings. The van der Waals surface area contributed by atoms with Crippen molar-refractivity contribution in [3.8, 4) is 17.2 Å². The first kappa shape index (κ1) is 17.4. The summed E-state index contributed by atoms with van der Waals surface area (Å²) in [5, 5.41) is 2.51. The van der Waals surface area contributed by atoms with Crippen LogP contribution in [0.15, 0.2) is 66.7 Å². The van der Waals surface area contributed by atoms with E-state index < -0.39 is 17.5 Å². The quantitative estimate of drug-likeness (QED) is 0.699. The Morgan fingerprint density at radius 2 is 1.58 bits per heavy atom. The standard InChI is InChI=1S/C20H15F2NO3/c1-25-17-7-2-3-8-18(17)26-14-11-9-13(10-12-14)23-20(24)15-5-4-6-16(21)19(15)22/h2-12H,1H3,(H,23,24). The maximum absolute atomic E-state index is 13.7. The molecule has 0 atom stereocenters. The van der Waals surface area contributed by atoms with Gasteiger partial charge in [-0.3, -0.25) is 4.79 Å². The molecule has 26 heavy (non-hydrogen) atoms. The van der Waals surface area contributed by atoms with Gasteiger partial charge in [-0.15, -0.1) is 0 Å². The Kier molecular flexibility index (Phi) is 5.12. The van der Waals surface area contributed by atoms with Crippen molar-refractivity contribution in [3.63, 3.8) is 0 Å². The number of anilines is 1. The zero-order valence-corrected chi connectivity index (χ0v) is 13.8. The molecule has 0 bridgehead atoms. The predicted molar refractivity (Wildman–Crippen MR) is 93.8 cm³/mol. The predicted octanol–water partition coefficient (Wildman–Crippen LogP) is 5.02. The SMILES string of the molecule is COc1ccccc1Oc1ccc(NC(=O)c2cccc(F)c2F)cc1. The summed E-state index contributed by atoms with van der Waals surface area (Å²) in [5.74, 6) is -1.32. The minimum Gasteiger partial charge on any atom is -0.493 e. The van der Waals surface area contributed by atoms with E-state index in [0.717, 1.165) is 6.07 Å². The maximum Gasteiger partial charge on any atom is 0.258 e. The van der Waals surface area contributed by atoms with E-state index >= 15 is 0 Å². The van der Waals surface area contributed by atoms with Crippen LogP contribution in [-0.2, 0) is 0 Å². The van der Waals surface area contributed by atoms with Crippen LogP contribution >= 0.6 is 0 Å². The zero-order chi connectivity index (χ0) is 18.5. The van der Waals surface area contributed by atoms with Crippen molar-refractivity contribution >= 4 is 11.6 Å². The molecule has 132 valence electrons. The second-order valence-electron chi connectivity index (χ2n) is 5.33. The summed E-state index contributed by atoms with van der Waals surface area (Å²) >= 11 is 0. The summed E-state index contributed by atoms with van der Waals surface area (Å²) in [6.45, 7) is 0. The molecule has 0 unspecified atom stereocenters. The van der Waals surface area contributed by atoms with Crippen LogP contribution in [0, 0.1) is 11.6 Å². The molecule has 3 aromatic carbocycles. The lowest BCUT2D eigenvalue weighted by Gasteiger charge is -2.11. The first-order chi connectivity index (χ1) is 12.6. The van der Waals surface area contributed by atoms with Gasteiger partial charge in [0.05, 0.1) is 12.7 Å². The number of hydrogen-bond donors (Lipinski definition) is 1. The van der Waals surface area contributed by atoms with Gasteiger partial charge >= 0.3 is 0 Å². The number of methoxy groups -OCH3 is 1. The number of benzene rings is 3. The Balaban J connectivity index is 1.71. The van der Waals surface area contributed by atoms with E-state index in [1.165, 1.54) is 12.1 Å². The van der Waals surface area contributed by atoms with Gasteiger partial charge in [0.1, 0.15) is 5.75 Å². The van der Waals surface area contributed by atoms with Gasteiger partial charge in [0.2, 0.25) is 0 Å². The Labute approximate surface area is 149 Å². The van der Waals surface area contributed by atoms with E-state index in [2.05, 4.69) is 5.32 Å². The second-order valence-corrected chi connectivity index (χ2v) is 5.33. The number of ether oxygens (including phenoxy) is 2. The largest absolute Gasteiger partial charge is 0.493 e. The first-order valence-electron chi connectivity index (χ1n) is 7.75. The fraction of sp³-hybridized carbons (Fsp3) is 0.0500. The summed E-state index contributed by atoms with van der Waals surface area (Å²) in [6.07, 6.45) is 0. The number of halogens is 2. The third kappa shape index (κ3) is 3.80. The number of amides is 1. The van der Waals surface area contributed by atoms with E-state index in [-0.39, 0.29) is 5.56 Å². The van der Waals surface area contributed by atoms with Crippen molar-refractivity contribution in [2.45, 2.75) is 0 Å². The molecule has 0 aromatic heterocycles. The normalized spacial score (nSPS) is 10.3. The highest BCUT2D eigenvalue weighted by atomic mass is 19.2. The van der Waals surface area contributed by atoms with Crippen LogP contribution in [0.4, 0.5) is 14.5 Å². The Morgan fingerprint density at radius 3 is 2.27 bits per heavy atom. The van der Waals surface area contributed by atoms with E-state index in [4.69, 9.17) is 9.47 Å². The van der Waals surface area contributed by atoms with Crippen LogP contribution in [0.25, 0.3) is 0 Å². The minimum atomic E-state index is -1.18. The minimum absolute atomic E-state index is 0.362. The van der Waals surface area contributed by atoms with Gasteiger partial charge in [0.25, 0.3) is 5.91 Å². The lowest BCUT2D eigenvalue weighted by atomic mass is 10.2. The number of nitrogens with one attached hydrogen (secondary N) is 1. The molecule has 0 radical (unpaired) electrons. The number of carbonyl (C=O) groups excluding carboxylic acids is 1. The highest BCUT2D eigenvalue weighted by Crippen LogP contribution is 2.31. The van der Waals surface area contributed by atoms with Gasteiger partial charge in [-0.05, 0) is 48.5 Å². The topological polar surface area (TPSA) is 47.6 Å². The number of para-hydroxylation sites is 2. The number of hydrogen-bond acceptors (Lipinski definition) is 3. The molecule has 4 nitrogen and oxygen atoms in total. The van der Waals surface area contributed by atoms with Crippen LogP contribution in [0.2, 0.25) is 0 Å². The van der Waals surface area contributed by atoms with Crippen molar-refractivity contribution in [1.82, 2.24) is 0 Å². The monoisotopic (exact) mass is 355 g/mol. The molecule has 0 aliphatic heterocycles. The average Bonchev–Trinajstić information content (AvgIpc) is 2.66. The second kappa shape index (κ2) is 7.65. The van der Waals surface area contributed by atoms with Gasteiger partial charge in [0.15, 0.2) is 23.1 Å². The summed E-state index contributed by atoms with van der Waals surface area (Å²) in [6, 6.07) is 17.1. The van der Waals surface area contributed by atoms with E-state index in [0.29, 0.717) is 22.9 Å². The summed E-state index contributed by atoms with van der Waals surface area (Å²) in [4.78, 5) is 12.1. The van der Waals surface area contributed by atoms with E-state index in [9.17, 15) is 13.6 Å². The van der Waals surface area contributed by atoms with E-state index in [1.807, 2.05) is 12.1 Å². The molecule has 6 heteroatoms. The summed E-state index contributed by atoms with van der Waals surface area (Å²) in [7, 11) is 1.55. The Morgan fingerprint density at radius 1 is 0.885 bits per heavy atom. The fourth-order valence-electron chi connectivity index (χ4n) is 2.31. The lowest BCUT2D eigenvalue weighted by Crippen LogP contribution is -2.14. The van der Waals surface area contributed by atoms with Gasteiger partial charge < -0.3 is 14.8 Å². The van der Waals surface area contributed by atoms with Gasteiger partial charge in [-0.1, -0.05) is 18.2 Å². The molecular weight excluding hydrogens is 340 g/mol. The molecular formula is C20H15F2NO3. The molecule has 3 rings (SSSR count). The number of rotatable bonds is 5. The third-order valence-electron chi connectivity index (χ3n) is 3.61. The Bertz CT molecular complexity index is 927. The van der Waals surface area contributed by atoms with Crippen molar-refractivity contribution in [2.24, 2.45) is 0 Å². The van der Waals surface area contributed by atoms with Crippen molar-refractivity contribution in [2.75, 3.05) is 12.4 Å². The van der Waals surface area contributed by atoms with Gasteiger partial charge in [0, 0.05) is 5.69 Å². The van der Waals surface area contributed by atoms with Crippen molar-refractivity contribution in [3.05, 3.63) is 83.9 Å². The highest BCUT2D eigenvalue weighted by molar-refractivity contribution is 6.04. The Hall–Kier alpha value is -3.41. The van der Waals surface area contributed by atoms with Crippen molar-refractivity contribution < 1.29 is 23.0 Å². The summed E-state index contributed by atoms with van der Waals surface area (Å²) in [5.41, 5.74) is 0.0605. The van der Waals surface area contributed by atoms with Gasteiger partial charge in [-0.2, -0.15) is 0 Å². The van der Waals surface area contributed by atoms with Crippen LogP contribution < -0.4 is 14.8 Å². The van der Waals surface area contributed by atoms with Crippen molar-refractivity contribution in [1.29, 1.82) is 0 Å². The molecule has 0 aliphatic carbocycles. The molecule has 0 saturated heterocycles. The zero-order valence-electron chi connectivity index (χ0n) is 13.8. The molecule has 1 N–H and O–H groups in total. The summed E-state index contributed by atoms with van der Waals surface area (Å²) < 4.78 is 37.8. The molecule has 0 spiro atoms. The highest BCUT2D eigenvalue weighted by Gasteiger charge is 2.15. The molecule has 0 heterocycles. The van der Waals surface area contributed by atoms with Crippen LogP contribution in [-0.4, -0.2) is 13.0 Å². The first-order valence-corrected chi connectivity index (χ1v) is 7.75. The van der Waals surface area contributed by atoms with Crippen LogP contribution in [0.3, 0.4) is 0 Å². The maximum atomic E-state index is 13.7. The fourth-order valence-corrected chi connectivity index (χ4v) is 2.31. The van der Waals surface area contributed by atoms with Crippen LogP contribution in [0.1, 0.15) is 10.4 Å². The van der Waals surface area contributed by atoms with E-state index in [1.54, 1.807) is 43.5 Å². The van der Waals surface area contributed by atoms with Gasteiger partial charge in [-0.25, -0.2) is 8.78 Å². The number of carbonyl (C=O) groups is 1. The molecule has 0 fully saturated rings. The average molecular weight is 355 g/mol. The third-order valence-corrected chi connectivity index (χ3v) is 3.61. The van der Waals surface area contributed by atoms with Crippen LogP contribution in [0.5, 0.6) is 17.2 Å².